The van der Waals surface area contributed by atoms with Crippen molar-refractivity contribution in [1.82, 2.24) is 9.47 Å². The highest BCUT2D eigenvalue weighted by molar-refractivity contribution is 8.00. The van der Waals surface area contributed by atoms with Gasteiger partial charge in [-0.15, -0.1) is 0 Å². The fourth-order valence-electron chi connectivity index (χ4n) is 5.16. The molecule has 0 radical (unpaired) electrons. The molecule has 2 saturated heterocycles. The molecule has 6 rings (SSSR count). The maximum Gasteiger partial charge on any atom is 0.308 e. The van der Waals surface area contributed by atoms with Crippen LogP contribution in [0.15, 0.2) is 64.4 Å². The van der Waals surface area contributed by atoms with Gasteiger partial charge in [0, 0.05) is 23.9 Å². The van der Waals surface area contributed by atoms with Crippen molar-refractivity contribution in [2.45, 2.75) is 22.7 Å². The van der Waals surface area contributed by atoms with Crippen LogP contribution in [0.2, 0.25) is 0 Å². The number of nitrogens with zero attached hydrogens (tertiary/aromatic N) is 3. The minimum atomic E-state index is -0.783. The summed E-state index contributed by atoms with van der Waals surface area (Å²) >= 11 is 2.14. The summed E-state index contributed by atoms with van der Waals surface area (Å²) in [4.78, 5) is 56.7. The highest BCUT2D eigenvalue weighted by Gasteiger charge is 2.56. The second-order valence-corrected chi connectivity index (χ2v) is 11.2. The molecule has 0 bridgehead atoms. The van der Waals surface area contributed by atoms with Crippen LogP contribution in [0.3, 0.4) is 0 Å². The van der Waals surface area contributed by atoms with Gasteiger partial charge in [-0.1, -0.05) is 53.4 Å². The lowest BCUT2D eigenvalue weighted by atomic mass is 9.83. The molecule has 3 aliphatic rings. The Balaban J connectivity index is 1.44. The molecule has 0 spiro atoms. The van der Waals surface area contributed by atoms with Crippen LogP contribution in [0.25, 0.3) is 0 Å². The molecule has 3 aromatic rings. The molecular formula is C26H22FN3O5S2. The van der Waals surface area contributed by atoms with Crippen LogP contribution in [-0.4, -0.2) is 58.7 Å². The zero-order valence-electron chi connectivity index (χ0n) is 19.5. The van der Waals surface area contributed by atoms with Crippen LogP contribution < -0.4 is 9.77 Å². The number of para-hydroxylation sites is 1. The molecule has 37 heavy (non-hydrogen) atoms. The fourth-order valence-corrected chi connectivity index (χ4v) is 7.94. The number of halogens is 1. The van der Waals surface area contributed by atoms with E-state index >= 15 is 0 Å². The molecule has 4 heterocycles. The fraction of sp³-hybridized carbons (Fsp3) is 0.308. The Kier molecular flexibility index (Phi) is 6.21. The Hall–Kier alpha value is -3.28. The van der Waals surface area contributed by atoms with Crippen molar-refractivity contribution in [3.05, 3.63) is 80.5 Å². The molecule has 2 aromatic carbocycles. The lowest BCUT2D eigenvalue weighted by molar-refractivity contribution is -0.136. The molecule has 3 aliphatic heterocycles. The third-order valence-electron chi connectivity index (χ3n) is 6.95. The molecule has 1 aromatic heterocycles. The highest BCUT2D eigenvalue weighted by Crippen LogP contribution is 2.53. The normalized spacial score (nSPS) is 23.2. The maximum absolute atomic E-state index is 13.8. The Bertz CT molecular complexity index is 1430. The van der Waals surface area contributed by atoms with E-state index in [1.165, 1.54) is 33.4 Å². The number of benzene rings is 2. The van der Waals surface area contributed by atoms with Gasteiger partial charge < -0.3 is 9.64 Å². The first-order valence-corrected chi connectivity index (χ1v) is 13.6. The van der Waals surface area contributed by atoms with Gasteiger partial charge in [-0.3, -0.25) is 23.7 Å². The number of rotatable bonds is 4. The summed E-state index contributed by atoms with van der Waals surface area (Å²) in [6, 6.07) is 14.5. The first-order valence-electron chi connectivity index (χ1n) is 11.9. The van der Waals surface area contributed by atoms with Crippen molar-refractivity contribution in [1.29, 1.82) is 0 Å². The number of hydrogen-bond acceptors (Lipinski definition) is 7. The molecule has 2 unspecified atom stereocenters. The summed E-state index contributed by atoms with van der Waals surface area (Å²) in [5.74, 6) is -2.74. The SMILES string of the molecule is O=C(Cn1c2c(sc1=O)[C@H](c1ccc(F)cc1)C1C(=O)N(c3ccccc3)C(=O)C1S2)N1CCOCC1. The zero-order chi connectivity index (χ0) is 25.7. The van der Waals surface area contributed by atoms with Gasteiger partial charge in [0.05, 0.1) is 29.8 Å². The molecule has 190 valence electrons. The summed E-state index contributed by atoms with van der Waals surface area (Å²) in [6.07, 6.45) is 0. The summed E-state index contributed by atoms with van der Waals surface area (Å²) in [7, 11) is 0. The molecule has 11 heteroatoms. The van der Waals surface area contributed by atoms with Gasteiger partial charge in [-0.05, 0) is 29.8 Å². The van der Waals surface area contributed by atoms with Gasteiger partial charge >= 0.3 is 4.87 Å². The van der Waals surface area contributed by atoms with E-state index in [2.05, 4.69) is 0 Å². The number of thioether (sulfide) groups is 1. The van der Waals surface area contributed by atoms with E-state index in [4.69, 9.17) is 4.74 Å². The number of hydrogen-bond donors (Lipinski definition) is 0. The number of carbonyl (C=O) groups excluding carboxylic acids is 3. The molecule has 0 aliphatic carbocycles. The molecular weight excluding hydrogens is 517 g/mol. The quantitative estimate of drug-likeness (QED) is 0.474. The molecule has 3 amide bonds. The first-order chi connectivity index (χ1) is 17.9. The second kappa shape index (κ2) is 9.55. The molecule has 0 N–H and O–H groups in total. The third-order valence-corrected chi connectivity index (χ3v) is 9.55. The van der Waals surface area contributed by atoms with Crippen LogP contribution in [0, 0.1) is 11.7 Å². The number of thiazole rings is 1. The van der Waals surface area contributed by atoms with E-state index in [9.17, 15) is 23.6 Å². The number of aromatic nitrogens is 1. The van der Waals surface area contributed by atoms with Gasteiger partial charge in [0.25, 0.3) is 0 Å². The average Bonchev–Trinajstić information content (AvgIpc) is 3.36. The first kappa shape index (κ1) is 24.1. The maximum atomic E-state index is 13.8. The Morgan fingerprint density at radius 1 is 0.973 bits per heavy atom. The standard InChI is InChI=1S/C26H22FN3O5S2/c27-16-8-6-15(7-9-16)19-20-21(24(33)30(23(20)32)17-4-2-1-3-5-17)36-25-22(19)37-26(34)29(25)14-18(31)28-10-12-35-13-11-28/h1-9,19-21H,10-14H2/t19-,20?,21?/m1/s1. The van der Waals surface area contributed by atoms with Crippen molar-refractivity contribution >= 4 is 46.5 Å². The van der Waals surface area contributed by atoms with Crippen molar-refractivity contribution in [3.8, 4) is 0 Å². The smallest absolute Gasteiger partial charge is 0.308 e. The largest absolute Gasteiger partial charge is 0.378 e. The molecule has 2 fully saturated rings. The number of fused-ring (bicyclic) bond motifs is 2. The van der Waals surface area contributed by atoms with Crippen LogP contribution in [-0.2, 0) is 25.7 Å². The minimum Gasteiger partial charge on any atom is -0.378 e. The summed E-state index contributed by atoms with van der Waals surface area (Å²) < 4.78 is 20.5. The van der Waals surface area contributed by atoms with Crippen molar-refractivity contribution in [2.75, 3.05) is 31.2 Å². The molecule has 3 atom stereocenters. The lowest BCUT2D eigenvalue weighted by Gasteiger charge is -2.31. The number of amides is 3. The monoisotopic (exact) mass is 539 g/mol. The lowest BCUT2D eigenvalue weighted by Crippen LogP contribution is -2.43. The number of carbonyl (C=O) groups is 3. The van der Waals surface area contributed by atoms with E-state index in [1.54, 1.807) is 47.4 Å². The van der Waals surface area contributed by atoms with Crippen LogP contribution in [0.1, 0.15) is 16.4 Å². The number of anilines is 1. The van der Waals surface area contributed by atoms with Gasteiger partial charge in [-0.2, -0.15) is 0 Å². The van der Waals surface area contributed by atoms with Gasteiger partial charge in [0.1, 0.15) is 17.6 Å². The van der Waals surface area contributed by atoms with Gasteiger partial charge in [0.2, 0.25) is 17.7 Å². The minimum absolute atomic E-state index is 0.157. The van der Waals surface area contributed by atoms with E-state index in [0.29, 0.717) is 47.5 Å². The third kappa shape index (κ3) is 4.11. The van der Waals surface area contributed by atoms with E-state index in [0.717, 1.165) is 11.3 Å². The Morgan fingerprint density at radius 2 is 1.68 bits per heavy atom. The Morgan fingerprint density at radius 3 is 2.38 bits per heavy atom. The Labute approximate surface area is 219 Å². The summed E-state index contributed by atoms with van der Waals surface area (Å²) in [6.45, 7) is 1.64. The number of imide groups is 1. The number of morpholine rings is 1. The van der Waals surface area contributed by atoms with Crippen LogP contribution >= 0.6 is 23.1 Å². The van der Waals surface area contributed by atoms with Crippen molar-refractivity contribution < 1.29 is 23.5 Å². The second-order valence-electron chi connectivity index (χ2n) is 9.06. The van der Waals surface area contributed by atoms with Crippen molar-refractivity contribution in [3.63, 3.8) is 0 Å². The molecule has 0 saturated carbocycles. The summed E-state index contributed by atoms with van der Waals surface area (Å²) in [5, 5.41) is -0.266. The van der Waals surface area contributed by atoms with Crippen LogP contribution in [0.5, 0.6) is 0 Å². The van der Waals surface area contributed by atoms with Gasteiger partial charge in [0.15, 0.2) is 0 Å². The predicted octanol–water partition coefficient (Wildman–Crippen LogP) is 2.70. The van der Waals surface area contributed by atoms with E-state index in [1.807, 2.05) is 0 Å². The number of ether oxygens (including phenoxy) is 1. The average molecular weight is 540 g/mol. The highest BCUT2D eigenvalue weighted by atomic mass is 32.2. The topological polar surface area (TPSA) is 88.9 Å². The molecule has 8 nitrogen and oxygen atoms in total. The van der Waals surface area contributed by atoms with Crippen LogP contribution in [0.4, 0.5) is 10.1 Å². The van der Waals surface area contributed by atoms with E-state index in [-0.39, 0.29) is 29.1 Å². The summed E-state index contributed by atoms with van der Waals surface area (Å²) in [5.41, 5.74) is 1.12. The predicted molar refractivity (Wildman–Crippen MR) is 136 cm³/mol. The van der Waals surface area contributed by atoms with Crippen molar-refractivity contribution in [2.24, 2.45) is 5.92 Å². The van der Waals surface area contributed by atoms with Gasteiger partial charge in [-0.25, -0.2) is 9.29 Å². The van der Waals surface area contributed by atoms with E-state index < -0.39 is 22.9 Å². The zero-order valence-corrected chi connectivity index (χ0v) is 21.2.